The summed E-state index contributed by atoms with van der Waals surface area (Å²) in [6.07, 6.45) is 1.42. The lowest BCUT2D eigenvalue weighted by Crippen LogP contribution is -2.33. The number of phenolic OH excluding ortho intramolecular Hbond substituents is 1. The number of halogens is 1. The number of ether oxygens (including phenoxy) is 1. The van der Waals surface area contributed by atoms with E-state index in [2.05, 4.69) is 36.5 Å². The first-order valence-electron chi connectivity index (χ1n) is 10.1. The normalized spacial score (nSPS) is 18.7. The topological polar surface area (TPSA) is 53.8 Å². The van der Waals surface area contributed by atoms with Crippen LogP contribution in [0.5, 0.6) is 11.5 Å². The maximum atomic E-state index is 10.5. The lowest BCUT2D eigenvalue weighted by molar-refractivity contribution is 0.408. The molecule has 0 bridgehead atoms. The van der Waals surface area contributed by atoms with Gasteiger partial charge in [0.1, 0.15) is 17.7 Å². The molecule has 154 valence electrons. The molecule has 4 rings (SSSR count). The summed E-state index contributed by atoms with van der Waals surface area (Å²) in [6, 6.07) is 21.5. The fourth-order valence-electron chi connectivity index (χ4n) is 3.78. The molecule has 30 heavy (non-hydrogen) atoms. The van der Waals surface area contributed by atoms with Crippen molar-refractivity contribution in [1.29, 1.82) is 0 Å². The van der Waals surface area contributed by atoms with Gasteiger partial charge < -0.3 is 9.84 Å². The van der Waals surface area contributed by atoms with Crippen LogP contribution in [0, 0.1) is 0 Å². The van der Waals surface area contributed by atoms with E-state index in [1.807, 2.05) is 30.3 Å². The number of methoxy groups -OCH3 is 1. The molecule has 1 aliphatic heterocycles. The van der Waals surface area contributed by atoms with Gasteiger partial charge in [0, 0.05) is 28.8 Å². The number of benzene rings is 3. The van der Waals surface area contributed by atoms with Gasteiger partial charge in [0.15, 0.2) is 0 Å². The lowest BCUT2D eigenvalue weighted by atomic mass is 9.93. The molecule has 2 N–H and O–H groups in total. The van der Waals surface area contributed by atoms with Crippen LogP contribution in [0.3, 0.4) is 0 Å². The van der Waals surface area contributed by atoms with Gasteiger partial charge in [0.05, 0.1) is 7.11 Å². The Morgan fingerprint density at radius 2 is 1.80 bits per heavy atom. The summed E-state index contributed by atoms with van der Waals surface area (Å²) < 4.78 is 5.28. The second-order valence-corrected chi connectivity index (χ2v) is 7.86. The molecule has 0 spiro atoms. The van der Waals surface area contributed by atoms with E-state index in [-0.39, 0.29) is 18.0 Å². The van der Waals surface area contributed by atoms with E-state index in [1.54, 1.807) is 19.2 Å². The van der Waals surface area contributed by atoms with E-state index in [0.717, 1.165) is 34.6 Å². The van der Waals surface area contributed by atoms with Crippen molar-refractivity contribution >= 4 is 17.3 Å². The minimum Gasteiger partial charge on any atom is -0.508 e. The van der Waals surface area contributed by atoms with Crippen molar-refractivity contribution in [3.8, 4) is 11.5 Å². The van der Waals surface area contributed by atoms with E-state index in [9.17, 15) is 5.11 Å². The van der Waals surface area contributed by atoms with E-state index in [0.29, 0.717) is 11.4 Å². The number of hydrogen-bond acceptors (Lipinski definition) is 4. The van der Waals surface area contributed by atoms with Crippen LogP contribution in [0.25, 0.3) is 0 Å². The highest BCUT2D eigenvalue weighted by Crippen LogP contribution is 2.36. The monoisotopic (exact) mass is 420 g/mol. The van der Waals surface area contributed by atoms with Gasteiger partial charge in [-0.15, -0.1) is 0 Å². The fourth-order valence-corrected chi connectivity index (χ4v) is 3.96. The Bertz CT molecular complexity index is 1050. The van der Waals surface area contributed by atoms with Crippen LogP contribution in [0.15, 0.2) is 71.7 Å². The van der Waals surface area contributed by atoms with Crippen molar-refractivity contribution in [2.24, 2.45) is 4.99 Å². The summed E-state index contributed by atoms with van der Waals surface area (Å²) in [5.74, 6) is 1.03. The third-order valence-corrected chi connectivity index (χ3v) is 5.77. The van der Waals surface area contributed by atoms with E-state index < -0.39 is 0 Å². The number of rotatable bonds is 5. The fraction of sp³-hybridized carbons (Fsp3) is 0.240. The molecular formula is C25H25ClN2O2. The lowest BCUT2D eigenvalue weighted by Gasteiger charge is -2.31. The predicted octanol–water partition coefficient (Wildman–Crippen LogP) is 5.84. The molecule has 1 aliphatic rings. The van der Waals surface area contributed by atoms with Crippen LogP contribution in [0.4, 0.5) is 0 Å². The predicted molar refractivity (Wildman–Crippen MR) is 122 cm³/mol. The largest absolute Gasteiger partial charge is 0.508 e. The average molecular weight is 421 g/mol. The second kappa shape index (κ2) is 8.90. The van der Waals surface area contributed by atoms with Gasteiger partial charge in [0.25, 0.3) is 0 Å². The number of nitrogens with one attached hydrogen (secondary N) is 1. The van der Waals surface area contributed by atoms with Crippen LogP contribution in [-0.4, -0.2) is 17.9 Å². The van der Waals surface area contributed by atoms with Crippen molar-refractivity contribution in [3.05, 3.63) is 94.0 Å². The average Bonchev–Trinajstić information content (AvgIpc) is 2.80. The molecular weight excluding hydrogens is 396 g/mol. The maximum absolute atomic E-state index is 10.5. The highest BCUT2D eigenvalue weighted by atomic mass is 35.5. The number of aliphatic imine (C=N–C) groups is 1. The standard InChI is InChI=1S/C25H25ClN2O2/c1-3-16-4-6-17(7-5-16)22-15-23(21-14-19(26)10-13-24(21)29)28-25(27-22)18-8-11-20(30-2)12-9-18/h4-14,23,25,28-29H,3,15H2,1-2H3/t23-,25+/m1/s1. The molecule has 0 amide bonds. The van der Waals surface area contributed by atoms with Crippen LogP contribution in [0.2, 0.25) is 5.02 Å². The summed E-state index contributed by atoms with van der Waals surface area (Å²) in [5, 5.41) is 14.6. The maximum Gasteiger partial charge on any atom is 0.126 e. The molecule has 2 atom stereocenters. The first-order valence-corrected chi connectivity index (χ1v) is 10.5. The third-order valence-electron chi connectivity index (χ3n) is 5.53. The number of aromatic hydroxyl groups is 1. The Morgan fingerprint density at radius 3 is 2.47 bits per heavy atom. The highest BCUT2D eigenvalue weighted by molar-refractivity contribution is 6.30. The molecule has 3 aromatic carbocycles. The van der Waals surface area contributed by atoms with Gasteiger partial charge in [-0.2, -0.15) is 0 Å². The number of nitrogens with zero attached hydrogens (tertiary/aromatic N) is 1. The molecule has 4 nitrogen and oxygen atoms in total. The van der Waals surface area contributed by atoms with Crippen LogP contribution >= 0.6 is 11.6 Å². The van der Waals surface area contributed by atoms with Gasteiger partial charge in [-0.1, -0.05) is 54.9 Å². The summed E-state index contributed by atoms with van der Waals surface area (Å²) in [7, 11) is 1.65. The smallest absolute Gasteiger partial charge is 0.126 e. The van der Waals surface area contributed by atoms with Crippen molar-refractivity contribution < 1.29 is 9.84 Å². The summed E-state index contributed by atoms with van der Waals surface area (Å²) >= 11 is 6.23. The Hall–Kier alpha value is -2.82. The minimum absolute atomic E-state index is 0.117. The molecule has 0 unspecified atom stereocenters. The zero-order valence-corrected chi connectivity index (χ0v) is 17.9. The van der Waals surface area contributed by atoms with Gasteiger partial charge in [-0.3, -0.25) is 10.3 Å². The quantitative estimate of drug-likeness (QED) is 0.545. The van der Waals surface area contributed by atoms with E-state index in [1.165, 1.54) is 5.56 Å². The van der Waals surface area contributed by atoms with Gasteiger partial charge in [0.2, 0.25) is 0 Å². The molecule has 0 radical (unpaired) electrons. The van der Waals surface area contributed by atoms with E-state index in [4.69, 9.17) is 21.3 Å². The molecule has 1 heterocycles. The summed E-state index contributed by atoms with van der Waals surface area (Å²) in [4.78, 5) is 5.01. The van der Waals surface area contributed by atoms with Gasteiger partial charge in [-0.25, -0.2) is 0 Å². The van der Waals surface area contributed by atoms with Crippen molar-refractivity contribution in [2.45, 2.75) is 32.0 Å². The minimum atomic E-state index is -0.242. The Labute approximate surface area is 182 Å². The Morgan fingerprint density at radius 1 is 1.07 bits per heavy atom. The van der Waals surface area contributed by atoms with Crippen molar-refractivity contribution in [1.82, 2.24) is 5.32 Å². The molecule has 0 aliphatic carbocycles. The SMILES string of the molecule is CCc1ccc(C2=N[C@H](c3ccc(OC)cc3)N[C@@H](c3cc(Cl)ccc3O)C2)cc1. The second-order valence-electron chi connectivity index (χ2n) is 7.43. The van der Waals surface area contributed by atoms with Crippen LogP contribution in [0.1, 0.15) is 47.8 Å². The Kier molecular flexibility index (Phi) is 6.07. The van der Waals surface area contributed by atoms with Gasteiger partial charge in [-0.05, 0) is 53.4 Å². The third kappa shape index (κ3) is 4.35. The number of hydrogen-bond donors (Lipinski definition) is 2. The highest BCUT2D eigenvalue weighted by Gasteiger charge is 2.28. The van der Waals surface area contributed by atoms with E-state index >= 15 is 0 Å². The molecule has 3 aromatic rings. The molecule has 0 fully saturated rings. The molecule has 0 aromatic heterocycles. The zero-order chi connectivity index (χ0) is 21.1. The first kappa shape index (κ1) is 20.5. The van der Waals surface area contributed by atoms with Crippen molar-refractivity contribution in [3.63, 3.8) is 0 Å². The number of phenols is 1. The summed E-state index contributed by atoms with van der Waals surface area (Å²) in [5.41, 5.74) is 5.20. The Balaban J connectivity index is 1.73. The number of aryl methyl sites for hydroxylation is 1. The summed E-state index contributed by atoms with van der Waals surface area (Å²) in [6.45, 7) is 2.15. The van der Waals surface area contributed by atoms with Crippen LogP contribution < -0.4 is 10.1 Å². The molecule has 0 saturated heterocycles. The zero-order valence-electron chi connectivity index (χ0n) is 17.1. The van der Waals surface area contributed by atoms with Crippen molar-refractivity contribution in [2.75, 3.05) is 7.11 Å². The van der Waals surface area contributed by atoms with Crippen LogP contribution in [-0.2, 0) is 6.42 Å². The van der Waals surface area contributed by atoms with Gasteiger partial charge >= 0.3 is 0 Å². The molecule has 0 saturated carbocycles. The molecule has 5 heteroatoms. The first-order chi connectivity index (χ1) is 14.6.